The van der Waals surface area contributed by atoms with E-state index in [-0.39, 0.29) is 30.1 Å². The Morgan fingerprint density at radius 1 is 0.605 bits per heavy atom. The van der Waals surface area contributed by atoms with Crippen LogP contribution in [0.5, 0.6) is 0 Å². The maximum Gasteiger partial charge on any atom is 0.317 e. The van der Waals surface area contributed by atoms with Crippen LogP contribution in [0.15, 0.2) is 37.7 Å². The summed E-state index contributed by atoms with van der Waals surface area (Å²) in [7, 11) is 3.80. The highest BCUT2D eigenvalue weighted by molar-refractivity contribution is 5.86. The van der Waals surface area contributed by atoms with Crippen LogP contribution < -0.4 is 37.2 Å². The molecule has 10 rings (SSSR count). The minimum absolute atomic E-state index is 0.0338. The number of aliphatic hydroxyl groups excluding tert-OH is 4. The Hall–Kier alpha value is -7.31. The number of aliphatic hydroxyl groups is 4. The second-order valence-electron chi connectivity index (χ2n) is 19.7. The third-order valence-electron chi connectivity index (χ3n) is 14.1. The maximum atomic E-state index is 13.8. The molecule has 76 heavy (non-hydrogen) atoms. The number of hydrogen-bond acceptors (Lipinski definition) is 21. The summed E-state index contributed by atoms with van der Waals surface area (Å²) in [5.41, 5.74) is 3.16. The van der Waals surface area contributed by atoms with Gasteiger partial charge in [0.1, 0.15) is 24.4 Å². The highest BCUT2D eigenvalue weighted by Crippen LogP contribution is 2.36. The lowest BCUT2D eigenvalue weighted by Crippen LogP contribution is -2.46. The molecule has 29 heteroatoms. The van der Waals surface area contributed by atoms with Crippen molar-refractivity contribution in [2.75, 3.05) is 60.5 Å². The zero-order valence-electron chi connectivity index (χ0n) is 42.7. The zero-order valence-corrected chi connectivity index (χ0v) is 42.7. The van der Waals surface area contributed by atoms with Gasteiger partial charge < -0.3 is 81.2 Å². The van der Waals surface area contributed by atoms with Gasteiger partial charge in [-0.3, -0.25) is 18.7 Å². The number of aryl methyl sites for hydroxylation is 2. The van der Waals surface area contributed by atoms with Crippen molar-refractivity contribution in [3.8, 4) is 0 Å². The summed E-state index contributed by atoms with van der Waals surface area (Å²) in [6, 6.07) is -0.498. The SMILES string of the molecule is CCNC(=O)[C@H]1O[C@@H](n2cnc3c(NC4CCC(NC(=O)N5CC[C@@H](Nc6nc(NCCc7cn(C)cn7)nc7c6ncn7[C@@H]6O[C@H](C(=O)NCC)[C@@H](O)[C@H]6O)C5)CC4)nc(NCCc4cn(C)cn4)nc32)[C@H](O)[C@@H]1O. The van der Waals surface area contributed by atoms with Crippen molar-refractivity contribution in [1.29, 1.82) is 0 Å². The van der Waals surface area contributed by atoms with Crippen LogP contribution in [0.1, 0.15) is 69.8 Å². The quantitative estimate of drug-likeness (QED) is 0.0457. The molecule has 29 nitrogen and oxygen atoms in total. The summed E-state index contributed by atoms with van der Waals surface area (Å²) in [5, 5.41) is 65.9. The van der Waals surface area contributed by atoms with Gasteiger partial charge in [-0.2, -0.15) is 19.9 Å². The topological polar surface area (TPSA) is 361 Å². The number of hydrogen-bond donors (Lipinski definition) is 11. The number of ether oxygens (including phenoxy) is 2. The number of rotatable bonds is 19. The molecule has 1 aliphatic carbocycles. The first-order valence-electron chi connectivity index (χ1n) is 25.8. The van der Waals surface area contributed by atoms with Gasteiger partial charge in [0, 0.05) is 96.7 Å². The van der Waals surface area contributed by atoms with E-state index < -0.39 is 60.9 Å². The summed E-state index contributed by atoms with van der Waals surface area (Å²) in [6.45, 7) is 5.92. The molecule has 0 radical (unpaired) electrons. The van der Waals surface area contributed by atoms with Crippen LogP contribution in [0.2, 0.25) is 0 Å². The number of urea groups is 1. The largest absolute Gasteiger partial charge is 0.387 e. The average Bonchev–Trinajstić information content (AvgIpc) is 4.30. The van der Waals surface area contributed by atoms with Gasteiger partial charge in [0.25, 0.3) is 11.8 Å². The molecule has 6 aromatic rings. The third-order valence-corrected chi connectivity index (χ3v) is 14.1. The van der Waals surface area contributed by atoms with E-state index in [1.807, 2.05) is 35.6 Å². The van der Waals surface area contributed by atoms with Crippen molar-refractivity contribution < 1.29 is 44.3 Å². The Bertz CT molecular complexity index is 3010. The van der Waals surface area contributed by atoms with Gasteiger partial charge in [0.05, 0.1) is 36.7 Å². The number of fused-ring (bicyclic) bond motifs is 2. The van der Waals surface area contributed by atoms with Crippen LogP contribution in [0.4, 0.5) is 28.3 Å². The van der Waals surface area contributed by atoms with Gasteiger partial charge in [-0.05, 0) is 46.0 Å². The standard InChI is InChI=1S/C47H66N20O9/c1-5-48-41(72)35-31(68)33(70)43(75-35)66-22-54-29-37(59-45(61-39(29)66)50-14-11-26-17-63(3)20-52-26)56-24-7-9-25(10-8-24)58-47(74)65-16-13-28(19-65)57-38-30-40(62-46(60-38)51-15-12-27-18-64(4)21-53-27)67(23-55-30)44-34(71)32(69)36(76-44)42(73)49-6-2/h17-18,20-25,28,31-36,43-44,68-71H,5-16,19H2,1-4H3,(H,48,72)(H,49,73)(H,58,74)(H2,50,56,59,61)(H2,51,57,60,62)/t24?,25?,28-,31+,32+,33-,34-,35+,36+,43-,44-/m1/s1. The number of nitrogens with zero attached hydrogens (tertiary/aromatic N) is 13. The van der Waals surface area contributed by atoms with E-state index in [0.29, 0.717) is 124 Å². The van der Waals surface area contributed by atoms with E-state index >= 15 is 0 Å². The zero-order chi connectivity index (χ0) is 53.2. The molecule has 9 heterocycles. The fourth-order valence-corrected chi connectivity index (χ4v) is 10.2. The van der Waals surface area contributed by atoms with Gasteiger partial charge in [-0.1, -0.05) is 0 Å². The molecule has 3 aliphatic heterocycles. The van der Waals surface area contributed by atoms with Crippen LogP contribution in [0.25, 0.3) is 22.3 Å². The monoisotopic (exact) mass is 1050 g/mol. The third kappa shape index (κ3) is 11.0. The molecule has 3 saturated heterocycles. The normalized spacial score (nSPS) is 26.5. The molecule has 0 unspecified atom stereocenters. The lowest BCUT2D eigenvalue weighted by atomic mass is 9.91. The van der Waals surface area contributed by atoms with Crippen molar-refractivity contribution in [1.82, 2.24) is 79.0 Å². The Balaban J connectivity index is 0.782. The molecular formula is C47H66N20O9. The van der Waals surface area contributed by atoms with Crippen LogP contribution in [-0.2, 0) is 46.0 Å². The number of amides is 4. The second-order valence-corrected chi connectivity index (χ2v) is 19.7. The molecular weight excluding hydrogens is 989 g/mol. The summed E-state index contributed by atoms with van der Waals surface area (Å²) < 4.78 is 18.6. The highest BCUT2D eigenvalue weighted by atomic mass is 16.6. The Morgan fingerprint density at radius 3 is 1.54 bits per heavy atom. The Morgan fingerprint density at radius 2 is 1.08 bits per heavy atom. The molecule has 11 N–H and O–H groups in total. The number of nitrogens with one attached hydrogen (secondary N) is 7. The van der Waals surface area contributed by atoms with Gasteiger partial charge >= 0.3 is 6.03 Å². The van der Waals surface area contributed by atoms with Crippen molar-refractivity contribution in [3.63, 3.8) is 0 Å². The molecule has 4 fully saturated rings. The van der Waals surface area contributed by atoms with E-state index in [1.54, 1.807) is 31.4 Å². The van der Waals surface area contributed by atoms with Crippen LogP contribution >= 0.6 is 0 Å². The van der Waals surface area contributed by atoms with Gasteiger partial charge in [-0.25, -0.2) is 24.7 Å². The molecule has 4 aliphatic rings. The van der Waals surface area contributed by atoms with Gasteiger partial charge in [-0.15, -0.1) is 0 Å². The fourth-order valence-electron chi connectivity index (χ4n) is 10.2. The smallest absolute Gasteiger partial charge is 0.317 e. The number of likely N-dealkylation sites (N-methyl/N-ethyl adjacent to an activating group) is 2. The number of aromatic nitrogens is 12. The predicted molar refractivity (Wildman–Crippen MR) is 272 cm³/mol. The second kappa shape index (κ2) is 22.5. The van der Waals surface area contributed by atoms with Crippen LogP contribution in [-0.4, -0.2) is 195 Å². The summed E-state index contributed by atoms with van der Waals surface area (Å²) >= 11 is 0. The highest BCUT2D eigenvalue weighted by Gasteiger charge is 2.49. The van der Waals surface area contributed by atoms with E-state index in [1.165, 1.54) is 21.8 Å². The number of likely N-dealkylation sites (tertiary alicyclic amines) is 1. The molecule has 4 amide bonds. The number of carbonyl (C=O) groups excluding carboxylic acids is 3. The van der Waals surface area contributed by atoms with Gasteiger partial charge in [0.15, 0.2) is 58.6 Å². The molecule has 0 aromatic carbocycles. The molecule has 1 saturated carbocycles. The van der Waals surface area contributed by atoms with Crippen molar-refractivity contribution >= 4 is 63.7 Å². The number of carbonyl (C=O) groups is 3. The van der Waals surface area contributed by atoms with Crippen molar-refractivity contribution in [2.45, 2.75) is 126 Å². The van der Waals surface area contributed by atoms with Crippen molar-refractivity contribution in [2.24, 2.45) is 14.1 Å². The molecule has 9 atom stereocenters. The van der Waals surface area contributed by atoms with Crippen LogP contribution in [0, 0.1) is 0 Å². The molecule has 6 aromatic heterocycles. The summed E-state index contributed by atoms with van der Waals surface area (Å²) in [4.78, 5) is 78.1. The average molecular weight is 1060 g/mol. The van der Waals surface area contributed by atoms with Gasteiger partial charge in [0.2, 0.25) is 11.9 Å². The van der Waals surface area contributed by atoms with E-state index in [2.05, 4.69) is 57.2 Å². The first kappa shape index (κ1) is 52.1. The first-order chi connectivity index (χ1) is 36.7. The summed E-state index contributed by atoms with van der Waals surface area (Å²) in [6.07, 6.45) is 3.99. The molecule has 408 valence electrons. The predicted octanol–water partition coefficient (Wildman–Crippen LogP) is -1.13. The number of anilines is 4. The summed E-state index contributed by atoms with van der Waals surface area (Å²) in [5.74, 6) is 0.311. The molecule has 0 spiro atoms. The van der Waals surface area contributed by atoms with Crippen LogP contribution in [0.3, 0.4) is 0 Å². The fraction of sp³-hybridized carbons (Fsp3) is 0.596. The first-order valence-corrected chi connectivity index (χ1v) is 25.8. The number of imidazole rings is 4. The maximum absolute atomic E-state index is 13.8. The minimum Gasteiger partial charge on any atom is -0.387 e. The van der Waals surface area contributed by atoms with E-state index in [0.717, 1.165) is 11.4 Å². The Labute approximate surface area is 435 Å². The van der Waals surface area contributed by atoms with Crippen molar-refractivity contribution in [3.05, 3.63) is 49.1 Å². The molecule has 0 bridgehead atoms. The van der Waals surface area contributed by atoms with E-state index in [4.69, 9.17) is 29.4 Å². The minimum atomic E-state index is -1.49. The Kier molecular flexibility index (Phi) is 15.4. The van der Waals surface area contributed by atoms with E-state index in [9.17, 15) is 34.8 Å². The lowest BCUT2D eigenvalue weighted by Gasteiger charge is -2.31. The lowest BCUT2D eigenvalue weighted by molar-refractivity contribution is -0.138.